The molecule has 0 unspecified atom stereocenters. The number of carbonyl (C=O) groups excluding carboxylic acids is 2. The van der Waals surface area contributed by atoms with Crippen molar-refractivity contribution in [3.05, 3.63) is 41.3 Å². The van der Waals surface area contributed by atoms with Crippen LogP contribution in [-0.4, -0.2) is 18.7 Å². The molecule has 4 nitrogen and oxygen atoms in total. The van der Waals surface area contributed by atoms with E-state index in [4.69, 9.17) is 9.15 Å². The number of benzene rings is 1. The van der Waals surface area contributed by atoms with Crippen LogP contribution < -0.4 is 4.74 Å². The van der Waals surface area contributed by atoms with E-state index >= 15 is 0 Å². The normalized spacial score (nSPS) is 10.5. The predicted octanol–water partition coefficient (Wildman–Crippen LogP) is 3.99. The van der Waals surface area contributed by atoms with Crippen molar-refractivity contribution in [2.75, 3.05) is 7.11 Å². The minimum absolute atomic E-state index is 0.0406. The molecule has 0 saturated heterocycles. The Hall–Kier alpha value is -2.36. The molecule has 1 heterocycles. The first kappa shape index (κ1) is 16.0. The van der Waals surface area contributed by atoms with Crippen molar-refractivity contribution in [3.63, 3.8) is 0 Å². The Labute approximate surface area is 130 Å². The molecule has 116 valence electrons. The van der Waals surface area contributed by atoms with E-state index in [1.54, 1.807) is 21.0 Å². The Morgan fingerprint density at radius 2 is 1.77 bits per heavy atom. The van der Waals surface area contributed by atoms with Gasteiger partial charge in [-0.1, -0.05) is 12.1 Å². The van der Waals surface area contributed by atoms with Crippen LogP contribution in [0.2, 0.25) is 0 Å². The van der Waals surface area contributed by atoms with Crippen LogP contribution in [0.3, 0.4) is 0 Å². The van der Waals surface area contributed by atoms with Crippen molar-refractivity contribution in [1.82, 2.24) is 0 Å². The highest BCUT2D eigenvalue weighted by Gasteiger charge is 2.22. The average Bonchev–Trinajstić information content (AvgIpc) is 2.82. The van der Waals surface area contributed by atoms with Crippen LogP contribution in [0.5, 0.6) is 5.75 Å². The number of methoxy groups -OCH3 is 1. The summed E-state index contributed by atoms with van der Waals surface area (Å²) in [6.07, 6.45) is 0.887. The molecule has 0 fully saturated rings. The van der Waals surface area contributed by atoms with Crippen LogP contribution >= 0.6 is 0 Å². The van der Waals surface area contributed by atoms with Crippen LogP contribution in [-0.2, 0) is 11.2 Å². The molecule has 0 bridgehead atoms. The highest BCUT2D eigenvalue weighted by molar-refractivity contribution is 6.02. The Morgan fingerprint density at radius 3 is 2.27 bits per heavy atom. The lowest BCUT2D eigenvalue weighted by Crippen LogP contribution is -1.98. The van der Waals surface area contributed by atoms with Gasteiger partial charge in [0.05, 0.1) is 12.7 Å². The molecule has 0 aliphatic heterocycles. The molecule has 0 aliphatic rings. The van der Waals surface area contributed by atoms with Crippen LogP contribution in [0, 0.1) is 6.92 Å². The lowest BCUT2D eigenvalue weighted by atomic mass is 9.96. The van der Waals surface area contributed by atoms with Gasteiger partial charge in [-0.05, 0) is 38.5 Å². The largest absolute Gasteiger partial charge is 0.497 e. The van der Waals surface area contributed by atoms with Gasteiger partial charge in [0.1, 0.15) is 23.1 Å². The van der Waals surface area contributed by atoms with Crippen molar-refractivity contribution in [3.8, 4) is 16.9 Å². The molecule has 4 heteroatoms. The van der Waals surface area contributed by atoms with E-state index < -0.39 is 0 Å². The number of hydrogen-bond donors (Lipinski definition) is 0. The summed E-state index contributed by atoms with van der Waals surface area (Å²) >= 11 is 0. The van der Waals surface area contributed by atoms with E-state index in [-0.39, 0.29) is 11.6 Å². The fourth-order valence-electron chi connectivity index (χ4n) is 2.55. The number of ether oxygens (including phenoxy) is 1. The second-order valence-electron chi connectivity index (χ2n) is 5.32. The van der Waals surface area contributed by atoms with Crippen molar-refractivity contribution >= 4 is 11.6 Å². The Morgan fingerprint density at radius 1 is 1.14 bits per heavy atom. The molecule has 2 rings (SSSR count). The molecule has 0 atom stereocenters. The quantitative estimate of drug-likeness (QED) is 0.757. The minimum Gasteiger partial charge on any atom is -0.497 e. The molecule has 0 amide bonds. The molecular weight excluding hydrogens is 280 g/mol. The fraction of sp³-hybridized carbons (Fsp3) is 0.333. The third-order valence-corrected chi connectivity index (χ3v) is 3.59. The summed E-state index contributed by atoms with van der Waals surface area (Å²) in [6, 6.07) is 7.48. The van der Waals surface area contributed by atoms with Crippen LogP contribution in [0.25, 0.3) is 11.1 Å². The zero-order valence-electron chi connectivity index (χ0n) is 13.4. The van der Waals surface area contributed by atoms with Gasteiger partial charge in [0.2, 0.25) is 0 Å². The number of Topliss-reactive ketones (excluding diaryl/α,β-unsaturated/α-hetero) is 2. The Kier molecular flexibility index (Phi) is 4.81. The summed E-state index contributed by atoms with van der Waals surface area (Å²) in [4.78, 5) is 23.2. The zero-order valence-corrected chi connectivity index (χ0v) is 13.4. The first-order valence-electron chi connectivity index (χ1n) is 7.21. The van der Waals surface area contributed by atoms with Gasteiger partial charge < -0.3 is 13.9 Å². The third kappa shape index (κ3) is 3.27. The smallest absolute Gasteiger partial charge is 0.163 e. The van der Waals surface area contributed by atoms with Crippen LogP contribution in [0.1, 0.15) is 42.1 Å². The van der Waals surface area contributed by atoms with E-state index in [0.717, 1.165) is 16.9 Å². The Bertz CT molecular complexity index is 693. The highest BCUT2D eigenvalue weighted by Crippen LogP contribution is 2.34. The van der Waals surface area contributed by atoms with E-state index in [1.807, 2.05) is 24.3 Å². The standard InChI is InChI=1S/C18H20O4/c1-11(19)5-10-16-18(17(12(2)20)13(3)22-16)14-6-8-15(21-4)9-7-14/h6-9H,5,10H2,1-4H3. The van der Waals surface area contributed by atoms with Gasteiger partial charge in [-0.2, -0.15) is 0 Å². The predicted molar refractivity (Wildman–Crippen MR) is 84.4 cm³/mol. The molecule has 1 aromatic heterocycles. The summed E-state index contributed by atoms with van der Waals surface area (Å²) in [5, 5.41) is 0. The summed E-state index contributed by atoms with van der Waals surface area (Å²) < 4.78 is 10.9. The van der Waals surface area contributed by atoms with Crippen LogP contribution in [0.4, 0.5) is 0 Å². The number of aryl methyl sites for hydroxylation is 2. The summed E-state index contributed by atoms with van der Waals surface area (Å²) in [5.74, 6) is 2.08. The van der Waals surface area contributed by atoms with Crippen molar-refractivity contribution in [2.45, 2.75) is 33.6 Å². The van der Waals surface area contributed by atoms with Crippen LogP contribution in [0.15, 0.2) is 28.7 Å². The second-order valence-corrected chi connectivity index (χ2v) is 5.32. The van der Waals surface area contributed by atoms with Gasteiger partial charge in [0.25, 0.3) is 0 Å². The van der Waals surface area contributed by atoms with E-state index in [9.17, 15) is 9.59 Å². The molecule has 0 spiro atoms. The second kappa shape index (κ2) is 6.60. The van der Waals surface area contributed by atoms with Gasteiger partial charge in [-0.25, -0.2) is 0 Å². The summed E-state index contributed by atoms with van der Waals surface area (Å²) in [5.41, 5.74) is 2.26. The van der Waals surface area contributed by atoms with Crippen molar-refractivity contribution < 1.29 is 18.7 Å². The minimum atomic E-state index is -0.0406. The monoisotopic (exact) mass is 300 g/mol. The van der Waals surface area contributed by atoms with E-state index in [0.29, 0.717) is 29.9 Å². The van der Waals surface area contributed by atoms with Gasteiger partial charge in [0, 0.05) is 18.4 Å². The molecule has 0 radical (unpaired) electrons. The van der Waals surface area contributed by atoms with Gasteiger partial charge >= 0.3 is 0 Å². The Balaban J connectivity index is 2.53. The SMILES string of the molecule is COc1ccc(-c2c(CCC(C)=O)oc(C)c2C(C)=O)cc1. The lowest BCUT2D eigenvalue weighted by molar-refractivity contribution is -0.117. The third-order valence-electron chi connectivity index (χ3n) is 3.59. The number of hydrogen-bond acceptors (Lipinski definition) is 4. The maximum Gasteiger partial charge on any atom is 0.163 e. The van der Waals surface area contributed by atoms with Crippen molar-refractivity contribution in [1.29, 1.82) is 0 Å². The highest BCUT2D eigenvalue weighted by atomic mass is 16.5. The molecule has 22 heavy (non-hydrogen) atoms. The summed E-state index contributed by atoms with van der Waals surface area (Å²) in [6.45, 7) is 4.86. The molecule has 0 saturated carbocycles. The lowest BCUT2D eigenvalue weighted by Gasteiger charge is -2.06. The maximum absolute atomic E-state index is 12.0. The fourth-order valence-corrected chi connectivity index (χ4v) is 2.55. The van der Waals surface area contributed by atoms with Crippen molar-refractivity contribution in [2.24, 2.45) is 0 Å². The zero-order chi connectivity index (χ0) is 16.3. The molecule has 0 aliphatic carbocycles. The number of carbonyl (C=O) groups is 2. The first-order valence-corrected chi connectivity index (χ1v) is 7.21. The molecular formula is C18H20O4. The molecule has 0 N–H and O–H groups in total. The first-order chi connectivity index (χ1) is 10.4. The molecule has 2 aromatic rings. The molecule has 1 aromatic carbocycles. The van der Waals surface area contributed by atoms with Gasteiger partial charge in [0.15, 0.2) is 5.78 Å². The van der Waals surface area contributed by atoms with E-state index in [2.05, 4.69) is 0 Å². The number of ketones is 2. The van der Waals surface area contributed by atoms with Gasteiger partial charge in [-0.3, -0.25) is 4.79 Å². The summed E-state index contributed by atoms with van der Waals surface area (Å²) in [7, 11) is 1.61. The number of rotatable bonds is 6. The van der Waals surface area contributed by atoms with E-state index in [1.165, 1.54) is 6.92 Å². The number of furan rings is 1. The maximum atomic E-state index is 12.0. The average molecular weight is 300 g/mol. The van der Waals surface area contributed by atoms with Gasteiger partial charge in [-0.15, -0.1) is 0 Å². The topological polar surface area (TPSA) is 56.5 Å².